The van der Waals surface area contributed by atoms with E-state index >= 15 is 0 Å². The summed E-state index contributed by atoms with van der Waals surface area (Å²) >= 11 is 3.34. The highest BCUT2D eigenvalue weighted by molar-refractivity contribution is 9.10. The zero-order valence-corrected chi connectivity index (χ0v) is 11.7. The second-order valence-corrected chi connectivity index (χ2v) is 4.58. The molecule has 0 radical (unpaired) electrons. The van der Waals surface area contributed by atoms with E-state index in [0.29, 0.717) is 5.75 Å². The van der Waals surface area contributed by atoms with Gasteiger partial charge in [0.15, 0.2) is 0 Å². The Morgan fingerprint density at radius 3 is 2.89 bits per heavy atom. The van der Waals surface area contributed by atoms with Gasteiger partial charge < -0.3 is 20.5 Å². The van der Waals surface area contributed by atoms with Gasteiger partial charge in [-0.05, 0) is 35.1 Å². The molecular weight excluding hydrogens is 300 g/mol. The van der Waals surface area contributed by atoms with Crippen molar-refractivity contribution in [2.24, 2.45) is 0 Å². The number of rotatable bonds is 7. The van der Waals surface area contributed by atoms with Crippen molar-refractivity contribution in [2.75, 3.05) is 26.7 Å². The third-order valence-corrected chi connectivity index (χ3v) is 2.80. The molecule has 1 amide bonds. The van der Waals surface area contributed by atoms with Crippen LogP contribution < -0.4 is 15.4 Å². The number of carbonyl (C=O) groups is 1. The summed E-state index contributed by atoms with van der Waals surface area (Å²) in [6.45, 7) is 0.533. The van der Waals surface area contributed by atoms with Crippen LogP contribution in [0.1, 0.15) is 0 Å². The standard InChI is InChI=1S/C12H17BrN2O3/c1-14-7-12(17)15-6-9(16)8-18-11-5-3-2-4-10(11)13/h2-5,9,14,16H,6-8H2,1H3,(H,15,17). The molecule has 1 aromatic carbocycles. The molecule has 6 heteroatoms. The first kappa shape index (κ1) is 14.9. The summed E-state index contributed by atoms with van der Waals surface area (Å²) in [6.07, 6.45) is -0.738. The lowest BCUT2D eigenvalue weighted by molar-refractivity contribution is -0.120. The van der Waals surface area contributed by atoms with Gasteiger partial charge in [0.25, 0.3) is 0 Å². The first-order valence-electron chi connectivity index (χ1n) is 5.60. The average molecular weight is 317 g/mol. The summed E-state index contributed by atoms with van der Waals surface area (Å²) in [5.74, 6) is 0.510. The molecule has 0 aliphatic carbocycles. The van der Waals surface area contributed by atoms with Crippen molar-refractivity contribution >= 4 is 21.8 Å². The van der Waals surface area contributed by atoms with E-state index in [0.717, 1.165) is 4.47 Å². The van der Waals surface area contributed by atoms with Gasteiger partial charge in [-0.15, -0.1) is 0 Å². The molecular formula is C12H17BrN2O3. The number of likely N-dealkylation sites (N-methyl/N-ethyl adjacent to an activating group) is 1. The van der Waals surface area contributed by atoms with Crippen LogP contribution in [0, 0.1) is 0 Å². The number of ether oxygens (including phenoxy) is 1. The number of hydrogen-bond donors (Lipinski definition) is 3. The Kier molecular flexibility index (Phi) is 6.70. The number of nitrogens with one attached hydrogen (secondary N) is 2. The van der Waals surface area contributed by atoms with E-state index in [1.54, 1.807) is 13.1 Å². The van der Waals surface area contributed by atoms with E-state index in [9.17, 15) is 9.90 Å². The van der Waals surface area contributed by atoms with Crippen LogP contribution >= 0.6 is 15.9 Å². The quantitative estimate of drug-likeness (QED) is 0.686. The number of para-hydroxylation sites is 1. The van der Waals surface area contributed by atoms with Crippen LogP contribution in [0.4, 0.5) is 0 Å². The van der Waals surface area contributed by atoms with Crippen molar-refractivity contribution in [3.63, 3.8) is 0 Å². The topological polar surface area (TPSA) is 70.6 Å². The van der Waals surface area contributed by atoms with Crippen LogP contribution in [0.3, 0.4) is 0 Å². The molecule has 1 atom stereocenters. The normalized spacial score (nSPS) is 11.9. The first-order chi connectivity index (χ1) is 8.63. The fourth-order valence-corrected chi connectivity index (χ4v) is 1.66. The van der Waals surface area contributed by atoms with E-state index in [4.69, 9.17) is 4.74 Å². The summed E-state index contributed by atoms with van der Waals surface area (Å²) in [4.78, 5) is 11.1. The highest BCUT2D eigenvalue weighted by atomic mass is 79.9. The van der Waals surface area contributed by atoms with Gasteiger partial charge in [0.2, 0.25) is 5.91 Å². The van der Waals surface area contributed by atoms with Crippen LogP contribution in [0.15, 0.2) is 28.7 Å². The van der Waals surface area contributed by atoms with Crippen molar-refractivity contribution in [1.82, 2.24) is 10.6 Å². The summed E-state index contributed by atoms with van der Waals surface area (Å²) in [6, 6.07) is 7.39. The van der Waals surface area contributed by atoms with Gasteiger partial charge >= 0.3 is 0 Å². The molecule has 0 heterocycles. The molecule has 0 bridgehead atoms. The van der Waals surface area contributed by atoms with E-state index in [-0.39, 0.29) is 25.6 Å². The second kappa shape index (κ2) is 8.07. The number of hydrogen-bond acceptors (Lipinski definition) is 4. The summed E-state index contributed by atoms with van der Waals surface area (Å²) in [7, 11) is 1.69. The van der Waals surface area contributed by atoms with Crippen LogP contribution in [0.2, 0.25) is 0 Å². The second-order valence-electron chi connectivity index (χ2n) is 3.73. The number of aliphatic hydroxyl groups is 1. The molecule has 0 aliphatic heterocycles. The number of aliphatic hydroxyl groups excluding tert-OH is 1. The molecule has 0 fully saturated rings. The van der Waals surface area contributed by atoms with Crippen LogP contribution in [0.25, 0.3) is 0 Å². The van der Waals surface area contributed by atoms with E-state index < -0.39 is 6.10 Å². The lowest BCUT2D eigenvalue weighted by atomic mass is 10.3. The predicted octanol–water partition coefficient (Wildman–Crippen LogP) is 0.524. The van der Waals surface area contributed by atoms with Crippen molar-refractivity contribution < 1.29 is 14.6 Å². The largest absolute Gasteiger partial charge is 0.490 e. The minimum atomic E-state index is -0.738. The smallest absolute Gasteiger partial charge is 0.234 e. The Bertz CT molecular complexity index is 387. The highest BCUT2D eigenvalue weighted by Crippen LogP contribution is 2.23. The third-order valence-electron chi connectivity index (χ3n) is 2.14. The van der Waals surface area contributed by atoms with Gasteiger partial charge in [-0.1, -0.05) is 12.1 Å². The molecule has 5 nitrogen and oxygen atoms in total. The van der Waals surface area contributed by atoms with Gasteiger partial charge in [-0.2, -0.15) is 0 Å². The van der Waals surface area contributed by atoms with Gasteiger partial charge in [0.1, 0.15) is 18.5 Å². The predicted molar refractivity (Wildman–Crippen MR) is 72.6 cm³/mol. The molecule has 3 N–H and O–H groups in total. The molecule has 0 saturated heterocycles. The van der Waals surface area contributed by atoms with Crippen molar-refractivity contribution in [1.29, 1.82) is 0 Å². The summed E-state index contributed by atoms with van der Waals surface area (Å²) in [5, 5.41) is 15.0. The van der Waals surface area contributed by atoms with Crippen molar-refractivity contribution in [2.45, 2.75) is 6.10 Å². The number of carbonyl (C=O) groups excluding carboxylic acids is 1. The Balaban J connectivity index is 2.27. The van der Waals surface area contributed by atoms with Crippen LogP contribution in [-0.2, 0) is 4.79 Å². The molecule has 1 aromatic rings. The number of amides is 1. The lowest BCUT2D eigenvalue weighted by Gasteiger charge is -2.14. The Morgan fingerprint density at radius 2 is 2.22 bits per heavy atom. The summed E-state index contributed by atoms with van der Waals surface area (Å²) < 4.78 is 6.26. The van der Waals surface area contributed by atoms with E-state index in [2.05, 4.69) is 26.6 Å². The monoisotopic (exact) mass is 316 g/mol. The van der Waals surface area contributed by atoms with Gasteiger partial charge in [-0.3, -0.25) is 4.79 Å². The van der Waals surface area contributed by atoms with Gasteiger partial charge in [0.05, 0.1) is 11.0 Å². The first-order valence-corrected chi connectivity index (χ1v) is 6.39. The molecule has 1 rings (SSSR count). The van der Waals surface area contributed by atoms with Crippen molar-refractivity contribution in [3.05, 3.63) is 28.7 Å². The molecule has 0 spiro atoms. The van der Waals surface area contributed by atoms with Crippen molar-refractivity contribution in [3.8, 4) is 5.75 Å². The zero-order chi connectivity index (χ0) is 13.4. The number of benzene rings is 1. The number of halogens is 1. The Morgan fingerprint density at radius 1 is 1.50 bits per heavy atom. The fourth-order valence-electron chi connectivity index (χ4n) is 1.26. The minimum absolute atomic E-state index is 0.127. The highest BCUT2D eigenvalue weighted by Gasteiger charge is 2.08. The van der Waals surface area contributed by atoms with Crippen LogP contribution in [0.5, 0.6) is 5.75 Å². The maximum Gasteiger partial charge on any atom is 0.234 e. The Hall–Kier alpha value is -1.11. The lowest BCUT2D eigenvalue weighted by Crippen LogP contribution is -2.39. The summed E-state index contributed by atoms with van der Waals surface area (Å²) in [5.41, 5.74) is 0. The molecule has 100 valence electrons. The molecule has 18 heavy (non-hydrogen) atoms. The van der Waals surface area contributed by atoms with E-state index in [1.165, 1.54) is 0 Å². The van der Waals surface area contributed by atoms with Crippen LogP contribution in [-0.4, -0.2) is 43.9 Å². The molecule has 1 unspecified atom stereocenters. The van der Waals surface area contributed by atoms with E-state index in [1.807, 2.05) is 18.2 Å². The Labute approximate surface area is 115 Å². The SMILES string of the molecule is CNCC(=O)NCC(O)COc1ccccc1Br. The minimum Gasteiger partial charge on any atom is -0.490 e. The third kappa shape index (κ3) is 5.48. The zero-order valence-electron chi connectivity index (χ0n) is 10.1. The fraction of sp³-hybridized carbons (Fsp3) is 0.417. The average Bonchev–Trinajstić information content (AvgIpc) is 2.36. The maximum absolute atomic E-state index is 11.1. The molecule has 0 aliphatic rings. The van der Waals surface area contributed by atoms with Gasteiger partial charge in [-0.25, -0.2) is 0 Å². The maximum atomic E-state index is 11.1. The molecule has 0 aromatic heterocycles. The molecule has 0 saturated carbocycles. The van der Waals surface area contributed by atoms with Gasteiger partial charge in [0, 0.05) is 6.54 Å².